The number of carbonyl (C=O) groups is 2. The van der Waals surface area contributed by atoms with Crippen molar-refractivity contribution in [1.29, 1.82) is 0 Å². The van der Waals surface area contributed by atoms with Gasteiger partial charge >= 0.3 is 0 Å². The van der Waals surface area contributed by atoms with Crippen molar-refractivity contribution in [2.75, 3.05) is 11.1 Å². The minimum Gasteiger partial charge on any atom is -0.370 e. The summed E-state index contributed by atoms with van der Waals surface area (Å²) in [6.45, 7) is 2.40. The number of aryl methyl sites for hydroxylation is 1. The summed E-state index contributed by atoms with van der Waals surface area (Å²) in [7, 11) is 0. The van der Waals surface area contributed by atoms with Crippen molar-refractivity contribution in [3.8, 4) is 0 Å². The number of nitrogens with zero attached hydrogens (tertiary/aromatic N) is 3. The van der Waals surface area contributed by atoms with Crippen LogP contribution in [0.5, 0.6) is 0 Å². The summed E-state index contributed by atoms with van der Waals surface area (Å²) in [5.41, 5.74) is 7.08. The van der Waals surface area contributed by atoms with Gasteiger partial charge in [0.25, 0.3) is 0 Å². The van der Waals surface area contributed by atoms with Crippen molar-refractivity contribution in [3.05, 3.63) is 35.7 Å². The van der Waals surface area contributed by atoms with E-state index in [1.165, 1.54) is 11.8 Å². The fourth-order valence-corrected chi connectivity index (χ4v) is 3.28. The van der Waals surface area contributed by atoms with Crippen LogP contribution < -0.4 is 11.1 Å². The Morgan fingerprint density at radius 3 is 2.76 bits per heavy atom. The number of primary amides is 1. The normalized spacial score (nSPS) is 13.6. The summed E-state index contributed by atoms with van der Waals surface area (Å²) in [5.74, 6) is 1.08. The number of rotatable bonds is 8. The molecule has 0 unspecified atom stereocenters. The van der Waals surface area contributed by atoms with Crippen molar-refractivity contribution < 1.29 is 9.59 Å². The molecule has 1 fully saturated rings. The Hall–Kier alpha value is -2.35. The number of nitrogens with one attached hydrogen (secondary N) is 1. The molecule has 0 radical (unpaired) electrons. The predicted molar refractivity (Wildman–Crippen MR) is 96.3 cm³/mol. The van der Waals surface area contributed by atoms with Gasteiger partial charge in [-0.1, -0.05) is 30.0 Å². The lowest BCUT2D eigenvalue weighted by Crippen LogP contribution is -2.17. The van der Waals surface area contributed by atoms with E-state index in [0.717, 1.165) is 29.9 Å². The fraction of sp³-hybridized carbons (Fsp3) is 0.412. The van der Waals surface area contributed by atoms with Gasteiger partial charge in [0, 0.05) is 24.6 Å². The minimum absolute atomic E-state index is 0.100. The molecule has 1 saturated carbocycles. The second-order valence-corrected chi connectivity index (χ2v) is 7.08. The maximum atomic E-state index is 12.2. The first-order chi connectivity index (χ1) is 12.0. The Balaban J connectivity index is 1.63. The number of nitrogens with two attached hydrogens (primary N) is 1. The molecule has 8 heteroatoms. The molecule has 1 aliphatic carbocycles. The lowest BCUT2D eigenvalue weighted by Gasteiger charge is -2.10. The van der Waals surface area contributed by atoms with Crippen LogP contribution in [0.4, 0.5) is 5.69 Å². The van der Waals surface area contributed by atoms with Gasteiger partial charge in [-0.3, -0.25) is 9.59 Å². The average molecular weight is 359 g/mol. The molecule has 0 spiro atoms. The van der Waals surface area contributed by atoms with Crippen LogP contribution in [-0.2, 0) is 16.1 Å². The number of hydrogen-bond acceptors (Lipinski definition) is 5. The number of thioether (sulfide) groups is 1. The summed E-state index contributed by atoms with van der Waals surface area (Å²) < 4.78 is 1.92. The van der Waals surface area contributed by atoms with Crippen LogP contribution in [0.3, 0.4) is 0 Å². The Bertz CT molecular complexity index is 785. The number of aromatic nitrogens is 3. The van der Waals surface area contributed by atoms with E-state index in [-0.39, 0.29) is 24.0 Å². The Labute approximate surface area is 150 Å². The lowest BCUT2D eigenvalue weighted by atomic mass is 10.2. The van der Waals surface area contributed by atoms with Gasteiger partial charge in [0.1, 0.15) is 5.82 Å². The van der Waals surface area contributed by atoms with Gasteiger partial charge in [0.2, 0.25) is 11.8 Å². The zero-order chi connectivity index (χ0) is 17.8. The molecule has 1 heterocycles. The van der Waals surface area contributed by atoms with Gasteiger partial charge in [-0.15, -0.1) is 10.2 Å². The van der Waals surface area contributed by atoms with Crippen molar-refractivity contribution in [2.24, 2.45) is 5.73 Å². The topological polar surface area (TPSA) is 103 Å². The zero-order valence-electron chi connectivity index (χ0n) is 14.1. The largest absolute Gasteiger partial charge is 0.370 e. The summed E-state index contributed by atoms with van der Waals surface area (Å²) >= 11 is 1.32. The van der Waals surface area contributed by atoms with Gasteiger partial charge in [-0.2, -0.15) is 0 Å². The summed E-state index contributed by atoms with van der Waals surface area (Å²) in [5, 5.41) is 12.0. The third-order valence-electron chi connectivity index (χ3n) is 4.02. The highest BCUT2D eigenvalue weighted by Crippen LogP contribution is 2.40. The highest BCUT2D eigenvalue weighted by molar-refractivity contribution is 7.99. The van der Waals surface area contributed by atoms with E-state index >= 15 is 0 Å². The number of anilines is 1. The maximum Gasteiger partial charge on any atom is 0.234 e. The molecule has 1 aromatic carbocycles. The molecule has 2 aromatic rings. The second kappa shape index (κ2) is 7.69. The molecule has 0 atom stereocenters. The number of para-hydroxylation sites is 1. The second-order valence-electron chi connectivity index (χ2n) is 6.13. The zero-order valence-corrected chi connectivity index (χ0v) is 14.9. The third kappa shape index (κ3) is 4.60. The van der Waals surface area contributed by atoms with Crippen LogP contribution in [0.15, 0.2) is 29.4 Å². The molecule has 3 rings (SSSR count). The average Bonchev–Trinajstić information content (AvgIpc) is 3.34. The molecule has 7 nitrogen and oxygen atoms in total. The monoisotopic (exact) mass is 359 g/mol. The van der Waals surface area contributed by atoms with E-state index in [4.69, 9.17) is 5.73 Å². The SMILES string of the molecule is Cc1ccccc1NC(=O)CSc1nnc(C2CC2)n1CCC(N)=O. The van der Waals surface area contributed by atoms with Gasteiger partial charge in [0.15, 0.2) is 5.16 Å². The fourth-order valence-electron chi connectivity index (χ4n) is 2.51. The highest BCUT2D eigenvalue weighted by Gasteiger charge is 2.30. The van der Waals surface area contributed by atoms with Crippen LogP contribution in [-0.4, -0.2) is 32.3 Å². The van der Waals surface area contributed by atoms with Crippen LogP contribution in [0.2, 0.25) is 0 Å². The molecular weight excluding hydrogens is 338 g/mol. The van der Waals surface area contributed by atoms with E-state index in [0.29, 0.717) is 17.6 Å². The highest BCUT2D eigenvalue weighted by atomic mass is 32.2. The van der Waals surface area contributed by atoms with Gasteiger partial charge in [-0.25, -0.2) is 0 Å². The van der Waals surface area contributed by atoms with Gasteiger partial charge in [0.05, 0.1) is 5.75 Å². The van der Waals surface area contributed by atoms with E-state index in [9.17, 15) is 9.59 Å². The van der Waals surface area contributed by atoms with Crippen molar-refractivity contribution in [1.82, 2.24) is 14.8 Å². The van der Waals surface area contributed by atoms with Crippen LogP contribution >= 0.6 is 11.8 Å². The smallest absolute Gasteiger partial charge is 0.234 e. The maximum absolute atomic E-state index is 12.2. The van der Waals surface area contributed by atoms with Gasteiger partial charge in [-0.05, 0) is 31.4 Å². The Morgan fingerprint density at radius 1 is 1.32 bits per heavy atom. The van der Waals surface area contributed by atoms with Gasteiger partial charge < -0.3 is 15.6 Å². The minimum atomic E-state index is -0.358. The molecule has 3 N–H and O–H groups in total. The molecular formula is C17H21N5O2S. The van der Waals surface area contributed by atoms with Crippen LogP contribution in [0.1, 0.15) is 36.6 Å². The Morgan fingerprint density at radius 2 is 2.08 bits per heavy atom. The number of benzene rings is 1. The summed E-state index contributed by atoms with van der Waals surface area (Å²) in [6, 6.07) is 7.64. The Kier molecular flexibility index (Phi) is 5.37. The van der Waals surface area contributed by atoms with Crippen LogP contribution in [0, 0.1) is 6.92 Å². The third-order valence-corrected chi connectivity index (χ3v) is 4.99. The first-order valence-electron chi connectivity index (χ1n) is 8.24. The number of amides is 2. The van der Waals surface area contributed by atoms with Crippen molar-refractivity contribution in [2.45, 2.75) is 43.8 Å². The first-order valence-corrected chi connectivity index (χ1v) is 9.23. The molecule has 132 valence electrons. The molecule has 1 aliphatic rings. The molecule has 2 amide bonds. The van der Waals surface area contributed by atoms with Crippen molar-refractivity contribution >= 4 is 29.3 Å². The standard InChI is InChI=1S/C17H21N5O2S/c1-11-4-2-3-5-13(11)19-15(24)10-25-17-21-20-16(12-6-7-12)22(17)9-8-14(18)23/h2-5,12H,6-10H2,1H3,(H2,18,23)(H,19,24). The number of hydrogen-bond donors (Lipinski definition) is 2. The van der Waals surface area contributed by atoms with E-state index in [1.807, 2.05) is 35.8 Å². The molecule has 0 bridgehead atoms. The molecule has 0 saturated heterocycles. The van der Waals surface area contributed by atoms with E-state index in [1.54, 1.807) is 0 Å². The number of carbonyl (C=O) groups excluding carboxylic acids is 2. The van der Waals surface area contributed by atoms with Crippen molar-refractivity contribution in [3.63, 3.8) is 0 Å². The summed E-state index contributed by atoms with van der Waals surface area (Å²) in [4.78, 5) is 23.3. The quantitative estimate of drug-likeness (QED) is 0.702. The molecule has 25 heavy (non-hydrogen) atoms. The lowest BCUT2D eigenvalue weighted by molar-refractivity contribution is -0.118. The van der Waals surface area contributed by atoms with E-state index in [2.05, 4.69) is 15.5 Å². The van der Waals surface area contributed by atoms with Crippen LogP contribution in [0.25, 0.3) is 0 Å². The molecule has 0 aliphatic heterocycles. The molecule has 1 aromatic heterocycles. The predicted octanol–water partition coefficient (Wildman–Crippen LogP) is 2.07. The first kappa shape index (κ1) is 17.5. The summed E-state index contributed by atoms with van der Waals surface area (Å²) in [6.07, 6.45) is 2.42. The van der Waals surface area contributed by atoms with E-state index < -0.39 is 0 Å².